The molecule has 0 atom stereocenters. The number of hydrogen-bond acceptors (Lipinski definition) is 3. The van der Waals surface area contributed by atoms with E-state index in [4.69, 9.17) is 0 Å². The lowest BCUT2D eigenvalue weighted by Crippen LogP contribution is -2.32. The number of carbonyl (C=O) groups excluding carboxylic acids is 1. The van der Waals surface area contributed by atoms with Gasteiger partial charge in [0.25, 0.3) is 0 Å². The first-order valence-corrected chi connectivity index (χ1v) is 7.29. The zero-order valence-electron chi connectivity index (χ0n) is 12.7. The van der Waals surface area contributed by atoms with Gasteiger partial charge in [-0.1, -0.05) is 13.8 Å². The van der Waals surface area contributed by atoms with E-state index >= 15 is 0 Å². The Hall–Kier alpha value is -2.63. The molecule has 1 aliphatic rings. The van der Waals surface area contributed by atoms with Crippen LogP contribution in [0.5, 0.6) is 0 Å². The van der Waals surface area contributed by atoms with Crippen molar-refractivity contribution in [2.24, 2.45) is 0 Å². The average molecular weight is 295 g/mol. The van der Waals surface area contributed by atoms with Crippen molar-refractivity contribution < 1.29 is 4.79 Å². The molecule has 3 heterocycles. The molecule has 3 N–H and O–H groups in total. The minimum Gasteiger partial charge on any atom is -0.337 e. The van der Waals surface area contributed by atoms with Crippen LogP contribution < -0.4 is 5.32 Å². The lowest BCUT2D eigenvalue weighted by atomic mass is 9.78. The lowest BCUT2D eigenvalue weighted by Gasteiger charge is -2.31. The molecule has 22 heavy (non-hydrogen) atoms. The second kappa shape index (κ2) is 4.19. The summed E-state index contributed by atoms with van der Waals surface area (Å²) in [6.45, 7) is 6.11. The lowest BCUT2D eigenvalue weighted by molar-refractivity contribution is -0.117. The molecule has 6 heteroatoms. The van der Waals surface area contributed by atoms with Crippen molar-refractivity contribution in [1.29, 1.82) is 0 Å². The van der Waals surface area contributed by atoms with Crippen LogP contribution in [0.25, 0.3) is 22.6 Å². The number of aromatic amines is 2. The van der Waals surface area contributed by atoms with Crippen molar-refractivity contribution in [3.05, 3.63) is 29.5 Å². The summed E-state index contributed by atoms with van der Waals surface area (Å²) in [5, 5.41) is 10.0. The monoisotopic (exact) mass is 295 g/mol. The SMILES string of the molecule is Cc1cc(-c2nc3cc4c(cc3[nH]2)C(C)(C)CC(=O)N4)[nH]n1. The van der Waals surface area contributed by atoms with Gasteiger partial charge >= 0.3 is 0 Å². The number of hydrogen-bond donors (Lipinski definition) is 3. The molecule has 0 spiro atoms. The quantitative estimate of drug-likeness (QED) is 0.645. The van der Waals surface area contributed by atoms with Gasteiger partial charge in [0.05, 0.1) is 16.7 Å². The Kier molecular flexibility index (Phi) is 2.49. The van der Waals surface area contributed by atoms with Crippen LogP contribution in [0.1, 0.15) is 31.5 Å². The maximum absolute atomic E-state index is 11.9. The van der Waals surface area contributed by atoms with E-state index in [1.54, 1.807) is 0 Å². The summed E-state index contributed by atoms with van der Waals surface area (Å²) in [6, 6.07) is 5.97. The van der Waals surface area contributed by atoms with E-state index in [0.717, 1.165) is 39.5 Å². The fourth-order valence-electron chi connectivity index (χ4n) is 3.08. The Morgan fingerprint density at radius 2 is 2.05 bits per heavy atom. The van der Waals surface area contributed by atoms with E-state index in [0.29, 0.717) is 6.42 Å². The van der Waals surface area contributed by atoms with E-state index in [1.807, 2.05) is 19.1 Å². The van der Waals surface area contributed by atoms with Gasteiger partial charge in [-0.15, -0.1) is 0 Å². The highest BCUT2D eigenvalue weighted by molar-refractivity contribution is 5.98. The van der Waals surface area contributed by atoms with E-state index in [-0.39, 0.29) is 11.3 Å². The Bertz CT molecular complexity index is 903. The van der Waals surface area contributed by atoms with E-state index in [2.05, 4.69) is 45.4 Å². The Balaban J connectivity index is 1.89. The molecule has 0 bridgehead atoms. The van der Waals surface area contributed by atoms with Crippen LogP contribution in [-0.2, 0) is 10.2 Å². The second-order valence-electron chi connectivity index (χ2n) is 6.53. The Labute approximate surface area is 127 Å². The van der Waals surface area contributed by atoms with Crippen LogP contribution in [0.2, 0.25) is 0 Å². The minimum absolute atomic E-state index is 0.0526. The van der Waals surface area contributed by atoms with Gasteiger partial charge in [-0.2, -0.15) is 5.10 Å². The average Bonchev–Trinajstić information content (AvgIpc) is 3.01. The molecule has 112 valence electrons. The molecule has 3 aromatic rings. The standard InChI is InChI=1S/C16H17N5O/c1-8-4-13(21-20-8)15-18-11-5-9-10(6-12(11)19-15)17-14(22)7-16(9,2)3/h4-6H,7H2,1-3H3,(H,17,22)(H,18,19)(H,20,21). The summed E-state index contributed by atoms with van der Waals surface area (Å²) in [6.07, 6.45) is 0.492. The zero-order valence-corrected chi connectivity index (χ0v) is 12.7. The molecule has 2 aromatic heterocycles. The molecule has 0 aliphatic carbocycles. The maximum Gasteiger partial charge on any atom is 0.225 e. The smallest absolute Gasteiger partial charge is 0.225 e. The van der Waals surface area contributed by atoms with Gasteiger partial charge in [0.2, 0.25) is 5.91 Å². The summed E-state index contributed by atoms with van der Waals surface area (Å²) in [4.78, 5) is 19.8. The first kappa shape index (κ1) is 13.1. The Morgan fingerprint density at radius 3 is 2.77 bits per heavy atom. The summed E-state index contributed by atoms with van der Waals surface area (Å²) >= 11 is 0. The topological polar surface area (TPSA) is 86.5 Å². The van der Waals surface area contributed by atoms with Crippen molar-refractivity contribution in [1.82, 2.24) is 20.2 Å². The predicted molar refractivity (Wildman–Crippen MR) is 84.7 cm³/mol. The van der Waals surface area contributed by atoms with Crippen LogP contribution >= 0.6 is 0 Å². The highest BCUT2D eigenvalue weighted by Gasteiger charge is 2.32. The molecule has 0 saturated carbocycles. The summed E-state index contributed by atoms with van der Waals surface area (Å²) in [7, 11) is 0. The van der Waals surface area contributed by atoms with E-state index in [9.17, 15) is 4.79 Å². The number of anilines is 1. The third-order valence-corrected chi connectivity index (χ3v) is 4.19. The number of fused-ring (bicyclic) bond motifs is 2. The number of nitrogens with zero attached hydrogens (tertiary/aromatic N) is 2. The first-order chi connectivity index (χ1) is 10.4. The number of carbonyl (C=O) groups is 1. The van der Waals surface area contributed by atoms with Crippen LogP contribution in [0, 0.1) is 6.92 Å². The highest BCUT2D eigenvalue weighted by atomic mass is 16.1. The highest BCUT2D eigenvalue weighted by Crippen LogP contribution is 2.39. The molecular weight excluding hydrogens is 278 g/mol. The summed E-state index contributed by atoms with van der Waals surface area (Å²) in [5.41, 5.74) is 5.38. The minimum atomic E-state index is -0.179. The fourth-order valence-corrected chi connectivity index (χ4v) is 3.08. The summed E-state index contributed by atoms with van der Waals surface area (Å²) in [5.74, 6) is 0.805. The first-order valence-electron chi connectivity index (χ1n) is 7.29. The van der Waals surface area contributed by atoms with Crippen molar-refractivity contribution in [2.45, 2.75) is 32.6 Å². The second-order valence-corrected chi connectivity index (χ2v) is 6.53. The van der Waals surface area contributed by atoms with Gasteiger partial charge in [-0.25, -0.2) is 4.98 Å². The van der Waals surface area contributed by atoms with Gasteiger partial charge in [0.1, 0.15) is 5.69 Å². The number of rotatable bonds is 1. The normalized spacial score (nSPS) is 16.6. The number of aryl methyl sites for hydroxylation is 1. The molecule has 4 rings (SSSR count). The molecule has 6 nitrogen and oxygen atoms in total. The van der Waals surface area contributed by atoms with Crippen LogP contribution in [0.15, 0.2) is 18.2 Å². The van der Waals surface area contributed by atoms with E-state index < -0.39 is 0 Å². The van der Waals surface area contributed by atoms with Crippen molar-refractivity contribution >= 4 is 22.6 Å². The number of benzene rings is 1. The number of amides is 1. The maximum atomic E-state index is 11.9. The predicted octanol–water partition coefficient (Wildman–Crippen LogP) is 2.88. The third-order valence-electron chi connectivity index (χ3n) is 4.19. The van der Waals surface area contributed by atoms with Gasteiger partial charge in [-0.05, 0) is 30.7 Å². The molecule has 0 fully saturated rings. The molecule has 1 amide bonds. The van der Waals surface area contributed by atoms with Crippen molar-refractivity contribution in [3.63, 3.8) is 0 Å². The number of aromatic nitrogens is 4. The summed E-state index contributed by atoms with van der Waals surface area (Å²) < 4.78 is 0. The number of H-pyrrole nitrogens is 2. The van der Waals surface area contributed by atoms with Crippen molar-refractivity contribution in [3.8, 4) is 11.5 Å². The zero-order chi connectivity index (χ0) is 15.5. The molecule has 1 aromatic carbocycles. The van der Waals surface area contributed by atoms with Gasteiger partial charge in [-0.3, -0.25) is 9.89 Å². The Morgan fingerprint density at radius 1 is 1.23 bits per heavy atom. The van der Waals surface area contributed by atoms with Gasteiger partial charge in [0.15, 0.2) is 5.82 Å². The largest absolute Gasteiger partial charge is 0.337 e. The van der Waals surface area contributed by atoms with Crippen LogP contribution in [0.4, 0.5) is 5.69 Å². The van der Waals surface area contributed by atoms with Gasteiger partial charge in [0, 0.05) is 17.5 Å². The number of nitrogens with one attached hydrogen (secondary N) is 3. The number of imidazole rings is 1. The molecule has 0 radical (unpaired) electrons. The van der Waals surface area contributed by atoms with Gasteiger partial charge < -0.3 is 10.3 Å². The molecule has 1 aliphatic heterocycles. The fraction of sp³-hybridized carbons (Fsp3) is 0.312. The van der Waals surface area contributed by atoms with Crippen LogP contribution in [-0.4, -0.2) is 26.1 Å². The molecule has 0 unspecified atom stereocenters. The van der Waals surface area contributed by atoms with E-state index in [1.165, 1.54) is 0 Å². The third kappa shape index (κ3) is 1.91. The van der Waals surface area contributed by atoms with Crippen LogP contribution in [0.3, 0.4) is 0 Å². The molecular formula is C16H17N5O. The van der Waals surface area contributed by atoms with Crippen molar-refractivity contribution in [2.75, 3.05) is 5.32 Å². The molecule has 0 saturated heterocycles.